The van der Waals surface area contributed by atoms with Crippen molar-refractivity contribution in [2.45, 2.75) is 39.3 Å². The van der Waals surface area contributed by atoms with E-state index >= 15 is 0 Å². The number of aryl methyl sites for hydroxylation is 1. The third-order valence-electron chi connectivity index (χ3n) is 4.07. The van der Waals surface area contributed by atoms with Crippen molar-refractivity contribution < 1.29 is 0 Å². The number of rotatable bonds is 2. The summed E-state index contributed by atoms with van der Waals surface area (Å²) >= 11 is 5.99. The molecule has 1 heterocycles. The van der Waals surface area contributed by atoms with E-state index in [2.05, 4.69) is 73.4 Å². The van der Waals surface area contributed by atoms with Gasteiger partial charge < -0.3 is 0 Å². The molecule has 24 heavy (non-hydrogen) atoms. The smallest absolute Gasteiger partial charge is 0.0948 e. The summed E-state index contributed by atoms with van der Waals surface area (Å²) in [6.45, 7) is 8.54. The maximum Gasteiger partial charge on any atom is 0.0948 e. The summed E-state index contributed by atoms with van der Waals surface area (Å²) in [5.41, 5.74) is 4.23. The second-order valence-electron chi connectivity index (χ2n) is 7.12. The number of hydrogen-bond acceptors (Lipinski definition) is 3. The second kappa shape index (κ2) is 6.40. The van der Waals surface area contributed by atoms with Gasteiger partial charge >= 0.3 is 0 Å². The van der Waals surface area contributed by atoms with E-state index in [0.717, 1.165) is 16.3 Å². The van der Waals surface area contributed by atoms with Crippen LogP contribution in [0, 0.1) is 6.92 Å². The molecule has 0 N–H and O–H groups in total. The lowest BCUT2D eigenvalue weighted by atomic mass is 9.97. The summed E-state index contributed by atoms with van der Waals surface area (Å²) in [5.74, 6) is 0. The van der Waals surface area contributed by atoms with Gasteiger partial charge in [-0.2, -0.15) is 0 Å². The van der Waals surface area contributed by atoms with Gasteiger partial charge in [-0.25, -0.2) is 0 Å². The third-order valence-corrected chi connectivity index (χ3v) is 4.33. The van der Waals surface area contributed by atoms with Crippen LogP contribution in [0.2, 0.25) is 5.02 Å². The van der Waals surface area contributed by atoms with E-state index < -0.39 is 0 Å². The van der Waals surface area contributed by atoms with E-state index in [1.54, 1.807) is 0 Å². The van der Waals surface area contributed by atoms with Gasteiger partial charge in [-0.3, -0.25) is 5.01 Å². The normalized spacial score (nSPS) is 17.8. The van der Waals surface area contributed by atoms with Crippen molar-refractivity contribution in [3.63, 3.8) is 0 Å². The molecule has 0 amide bonds. The molecule has 1 aliphatic rings. The molecule has 0 radical (unpaired) electrons. The van der Waals surface area contributed by atoms with Crippen molar-refractivity contribution in [1.29, 1.82) is 0 Å². The summed E-state index contributed by atoms with van der Waals surface area (Å²) in [5, 5.41) is 11.7. The average molecular weight is 340 g/mol. The zero-order valence-corrected chi connectivity index (χ0v) is 15.2. The molecule has 3 rings (SSSR count). The van der Waals surface area contributed by atoms with Crippen LogP contribution >= 0.6 is 11.6 Å². The molecule has 0 fully saturated rings. The molecular formula is C20H22ClN3. The van der Waals surface area contributed by atoms with Crippen molar-refractivity contribution in [2.24, 2.45) is 10.3 Å². The number of halogens is 1. The van der Waals surface area contributed by atoms with E-state index in [-0.39, 0.29) is 11.6 Å². The Bertz CT molecular complexity index is 768. The first-order valence-electron chi connectivity index (χ1n) is 8.10. The molecule has 124 valence electrons. The van der Waals surface area contributed by atoms with E-state index in [9.17, 15) is 0 Å². The molecule has 1 aliphatic heterocycles. The molecule has 2 aromatic rings. The molecule has 0 aliphatic carbocycles. The van der Waals surface area contributed by atoms with Crippen LogP contribution in [0.3, 0.4) is 0 Å². The standard InChI is InChI=1S/C20H22ClN3/c1-14-5-7-16(8-6-14)19-13-18(15-9-11-17(21)12-10-15)22-23-24(19)20(2,3)4/h5-13,19H,1-4H3. The fourth-order valence-electron chi connectivity index (χ4n) is 2.73. The van der Waals surface area contributed by atoms with Crippen LogP contribution < -0.4 is 0 Å². The minimum atomic E-state index is -0.124. The van der Waals surface area contributed by atoms with Crippen LogP contribution in [-0.4, -0.2) is 10.5 Å². The van der Waals surface area contributed by atoms with Gasteiger partial charge in [0.05, 0.1) is 17.3 Å². The van der Waals surface area contributed by atoms with E-state index in [4.69, 9.17) is 11.6 Å². The van der Waals surface area contributed by atoms with Crippen LogP contribution in [0.4, 0.5) is 0 Å². The molecule has 0 spiro atoms. The van der Waals surface area contributed by atoms with Crippen molar-refractivity contribution >= 4 is 17.3 Å². The lowest BCUT2D eigenvalue weighted by Gasteiger charge is -2.39. The van der Waals surface area contributed by atoms with E-state index in [1.165, 1.54) is 11.1 Å². The summed E-state index contributed by atoms with van der Waals surface area (Å²) in [4.78, 5) is 0. The van der Waals surface area contributed by atoms with Crippen LogP contribution in [0.25, 0.3) is 5.70 Å². The molecular weight excluding hydrogens is 318 g/mol. The zero-order valence-electron chi connectivity index (χ0n) is 14.5. The highest BCUT2D eigenvalue weighted by Crippen LogP contribution is 2.37. The van der Waals surface area contributed by atoms with Gasteiger partial charge in [0.25, 0.3) is 0 Å². The summed E-state index contributed by atoms with van der Waals surface area (Å²) < 4.78 is 0. The minimum Gasteiger partial charge on any atom is -0.262 e. The highest BCUT2D eigenvalue weighted by Gasteiger charge is 2.31. The molecule has 2 aromatic carbocycles. The van der Waals surface area contributed by atoms with Crippen molar-refractivity contribution in [3.8, 4) is 0 Å². The second-order valence-corrected chi connectivity index (χ2v) is 7.56. The van der Waals surface area contributed by atoms with Gasteiger partial charge in [-0.1, -0.05) is 58.8 Å². The topological polar surface area (TPSA) is 28.0 Å². The maximum atomic E-state index is 5.99. The van der Waals surface area contributed by atoms with Gasteiger partial charge in [0.1, 0.15) is 0 Å². The van der Waals surface area contributed by atoms with Crippen molar-refractivity contribution in [1.82, 2.24) is 5.01 Å². The van der Waals surface area contributed by atoms with Crippen LogP contribution in [0.15, 0.2) is 64.9 Å². The summed E-state index contributed by atoms with van der Waals surface area (Å²) in [6, 6.07) is 16.4. The SMILES string of the molecule is Cc1ccc(C2C=C(c3ccc(Cl)cc3)N=NN2C(C)(C)C)cc1. The Morgan fingerprint density at radius 2 is 1.58 bits per heavy atom. The number of benzene rings is 2. The molecule has 0 bridgehead atoms. The Hall–Kier alpha value is -2.13. The fraction of sp³-hybridized carbons (Fsp3) is 0.300. The molecule has 4 heteroatoms. The zero-order chi connectivity index (χ0) is 17.3. The van der Waals surface area contributed by atoms with E-state index in [1.807, 2.05) is 24.3 Å². The Morgan fingerprint density at radius 1 is 0.958 bits per heavy atom. The Labute approximate surface area is 148 Å². The quantitative estimate of drug-likeness (QED) is 0.639. The van der Waals surface area contributed by atoms with Gasteiger partial charge in [0, 0.05) is 10.6 Å². The van der Waals surface area contributed by atoms with Gasteiger partial charge in [-0.15, -0.1) is 5.11 Å². The summed E-state index contributed by atoms with van der Waals surface area (Å²) in [7, 11) is 0. The van der Waals surface area contributed by atoms with Crippen molar-refractivity contribution in [2.75, 3.05) is 0 Å². The molecule has 1 atom stereocenters. The first-order valence-corrected chi connectivity index (χ1v) is 8.48. The Kier molecular flexibility index (Phi) is 4.46. The molecule has 3 nitrogen and oxygen atoms in total. The predicted molar refractivity (Wildman–Crippen MR) is 99.8 cm³/mol. The first-order chi connectivity index (χ1) is 11.3. The molecule has 0 aromatic heterocycles. The largest absolute Gasteiger partial charge is 0.262 e. The van der Waals surface area contributed by atoms with Gasteiger partial charge in [0.15, 0.2) is 0 Å². The van der Waals surface area contributed by atoms with Crippen LogP contribution in [0.1, 0.15) is 43.5 Å². The highest BCUT2D eigenvalue weighted by atomic mass is 35.5. The average Bonchev–Trinajstić information content (AvgIpc) is 2.55. The molecule has 0 saturated heterocycles. The van der Waals surface area contributed by atoms with E-state index in [0.29, 0.717) is 0 Å². The maximum absolute atomic E-state index is 5.99. The molecule has 1 unspecified atom stereocenters. The monoisotopic (exact) mass is 339 g/mol. The van der Waals surface area contributed by atoms with Gasteiger partial charge in [-0.05, 0) is 51.5 Å². The third kappa shape index (κ3) is 3.51. The minimum absolute atomic E-state index is 0.0498. The van der Waals surface area contributed by atoms with Crippen LogP contribution in [-0.2, 0) is 0 Å². The molecule has 0 saturated carbocycles. The fourth-order valence-corrected chi connectivity index (χ4v) is 2.86. The predicted octanol–water partition coefficient (Wildman–Crippen LogP) is 6.21. The Balaban J connectivity index is 2.03. The summed E-state index contributed by atoms with van der Waals surface area (Å²) in [6.07, 6.45) is 2.17. The first kappa shape index (κ1) is 16.7. The highest BCUT2D eigenvalue weighted by molar-refractivity contribution is 6.30. The lowest BCUT2D eigenvalue weighted by molar-refractivity contribution is 0.0941. The van der Waals surface area contributed by atoms with Gasteiger partial charge in [0.2, 0.25) is 0 Å². The van der Waals surface area contributed by atoms with Crippen LogP contribution in [0.5, 0.6) is 0 Å². The number of nitrogens with zero attached hydrogens (tertiary/aromatic N) is 3. The van der Waals surface area contributed by atoms with Crippen molar-refractivity contribution in [3.05, 3.63) is 76.3 Å². The lowest BCUT2D eigenvalue weighted by Crippen LogP contribution is -2.40. The Morgan fingerprint density at radius 3 is 2.17 bits per heavy atom. The number of hydrogen-bond donors (Lipinski definition) is 0.